The Bertz CT molecular complexity index is 726. The fourth-order valence-electron chi connectivity index (χ4n) is 1.71. The molecule has 0 heterocycles. The molecule has 0 atom stereocenters. The molecule has 2 aromatic carbocycles. The summed E-state index contributed by atoms with van der Waals surface area (Å²) in [6.45, 7) is -0.191. The average Bonchev–Trinajstić information content (AvgIpc) is 2.61. The number of hydrogen-bond acceptors (Lipinski definition) is 6. The van der Waals surface area contributed by atoms with Crippen molar-refractivity contribution in [2.75, 3.05) is 13.7 Å². The number of nitro groups is 1. The summed E-state index contributed by atoms with van der Waals surface area (Å²) >= 11 is 0. The summed E-state index contributed by atoms with van der Waals surface area (Å²) in [7, 11) is 1.56. The van der Waals surface area contributed by atoms with E-state index in [-0.39, 0.29) is 12.3 Å². The minimum absolute atomic E-state index is 0.0101. The molecule has 2 rings (SSSR count). The number of carbonyl (C=O) groups excluding carboxylic acids is 1. The van der Waals surface area contributed by atoms with Gasteiger partial charge in [0.2, 0.25) is 0 Å². The zero-order valence-corrected chi connectivity index (χ0v) is 12.8. The lowest BCUT2D eigenvalue weighted by molar-refractivity contribution is -0.384. The average molecular weight is 329 g/mol. The Kier molecular flexibility index (Phi) is 5.84. The van der Waals surface area contributed by atoms with Crippen LogP contribution < -0.4 is 14.9 Å². The van der Waals surface area contributed by atoms with Crippen molar-refractivity contribution in [2.24, 2.45) is 5.10 Å². The summed E-state index contributed by atoms with van der Waals surface area (Å²) in [5, 5.41) is 14.3. The Hall–Kier alpha value is -3.42. The van der Waals surface area contributed by atoms with Crippen LogP contribution in [0.2, 0.25) is 0 Å². The van der Waals surface area contributed by atoms with Gasteiger partial charge in [0.25, 0.3) is 11.6 Å². The molecule has 124 valence electrons. The highest BCUT2D eigenvalue weighted by molar-refractivity contribution is 5.83. The van der Waals surface area contributed by atoms with Crippen LogP contribution in [0.5, 0.6) is 11.5 Å². The van der Waals surface area contributed by atoms with Crippen molar-refractivity contribution in [3.05, 3.63) is 64.2 Å². The number of ether oxygens (including phenoxy) is 2. The molecule has 24 heavy (non-hydrogen) atoms. The number of nitro benzene ring substituents is 1. The molecule has 0 aliphatic carbocycles. The van der Waals surface area contributed by atoms with Gasteiger partial charge in [0.1, 0.15) is 11.5 Å². The Morgan fingerprint density at radius 1 is 1.17 bits per heavy atom. The molecule has 0 unspecified atom stereocenters. The first-order valence-corrected chi connectivity index (χ1v) is 6.91. The second kappa shape index (κ2) is 8.28. The smallest absolute Gasteiger partial charge is 0.277 e. The van der Waals surface area contributed by atoms with Gasteiger partial charge in [-0.15, -0.1) is 0 Å². The van der Waals surface area contributed by atoms with Crippen molar-refractivity contribution in [3.63, 3.8) is 0 Å². The summed E-state index contributed by atoms with van der Waals surface area (Å²) in [4.78, 5) is 21.7. The monoisotopic (exact) mass is 329 g/mol. The first kappa shape index (κ1) is 16.9. The molecule has 1 N–H and O–H groups in total. The lowest BCUT2D eigenvalue weighted by atomic mass is 10.2. The number of hydrazone groups is 1. The topological polar surface area (TPSA) is 103 Å². The second-order valence-corrected chi connectivity index (χ2v) is 4.61. The molecular weight excluding hydrogens is 314 g/mol. The molecule has 0 aromatic heterocycles. The van der Waals surface area contributed by atoms with Crippen molar-refractivity contribution in [1.82, 2.24) is 5.43 Å². The fourth-order valence-corrected chi connectivity index (χ4v) is 1.71. The molecule has 0 saturated heterocycles. The van der Waals surface area contributed by atoms with Gasteiger partial charge in [-0.1, -0.05) is 0 Å². The zero-order chi connectivity index (χ0) is 17.4. The van der Waals surface area contributed by atoms with Crippen LogP contribution >= 0.6 is 0 Å². The van der Waals surface area contributed by atoms with Crippen LogP contribution in [0.1, 0.15) is 5.56 Å². The molecule has 0 saturated carbocycles. The van der Waals surface area contributed by atoms with E-state index >= 15 is 0 Å². The van der Waals surface area contributed by atoms with Crippen LogP contribution in [0.15, 0.2) is 53.6 Å². The Labute approximate surface area is 137 Å². The van der Waals surface area contributed by atoms with Gasteiger partial charge in [-0.3, -0.25) is 14.9 Å². The summed E-state index contributed by atoms with van der Waals surface area (Å²) < 4.78 is 10.3. The van der Waals surface area contributed by atoms with Crippen molar-refractivity contribution in [3.8, 4) is 11.5 Å². The van der Waals surface area contributed by atoms with Crippen LogP contribution in [-0.4, -0.2) is 30.8 Å². The van der Waals surface area contributed by atoms with E-state index in [1.165, 1.54) is 30.5 Å². The highest BCUT2D eigenvalue weighted by atomic mass is 16.6. The van der Waals surface area contributed by atoms with Crippen LogP contribution in [0, 0.1) is 10.1 Å². The van der Waals surface area contributed by atoms with E-state index in [1.54, 1.807) is 31.4 Å². The molecule has 8 nitrogen and oxygen atoms in total. The fraction of sp³-hybridized carbons (Fsp3) is 0.125. The first-order valence-electron chi connectivity index (χ1n) is 6.91. The number of methoxy groups -OCH3 is 1. The predicted octanol–water partition coefficient (Wildman–Crippen LogP) is 2.13. The first-order chi connectivity index (χ1) is 11.6. The Morgan fingerprint density at radius 2 is 1.79 bits per heavy atom. The van der Waals surface area contributed by atoms with E-state index < -0.39 is 10.8 Å². The van der Waals surface area contributed by atoms with Crippen LogP contribution in [-0.2, 0) is 4.79 Å². The molecule has 1 amide bonds. The molecule has 8 heteroatoms. The summed E-state index contributed by atoms with van der Waals surface area (Å²) in [6.07, 6.45) is 1.38. The number of rotatable bonds is 7. The van der Waals surface area contributed by atoms with E-state index in [1.807, 2.05) is 0 Å². The van der Waals surface area contributed by atoms with Gasteiger partial charge in [-0.05, 0) is 42.0 Å². The lowest BCUT2D eigenvalue weighted by Crippen LogP contribution is -2.24. The normalized spacial score (nSPS) is 10.4. The number of carbonyl (C=O) groups is 1. The van der Waals surface area contributed by atoms with E-state index in [0.717, 1.165) is 0 Å². The van der Waals surface area contributed by atoms with E-state index in [4.69, 9.17) is 9.47 Å². The highest BCUT2D eigenvalue weighted by Gasteiger charge is 2.03. The number of benzene rings is 2. The maximum absolute atomic E-state index is 11.6. The van der Waals surface area contributed by atoms with Crippen molar-refractivity contribution >= 4 is 17.8 Å². The van der Waals surface area contributed by atoms with Crippen LogP contribution in [0.25, 0.3) is 0 Å². The minimum atomic E-state index is -0.487. The molecule has 0 fully saturated rings. The SMILES string of the molecule is COc1ccc(OCC(=O)N/N=C\c2ccc([N+](=O)[O-])cc2)cc1. The van der Waals surface area contributed by atoms with Crippen molar-refractivity contribution in [2.45, 2.75) is 0 Å². The lowest BCUT2D eigenvalue weighted by Gasteiger charge is -2.05. The van der Waals surface area contributed by atoms with Gasteiger partial charge in [0.05, 0.1) is 18.2 Å². The standard InChI is InChI=1S/C16H15N3O5/c1-23-14-6-8-15(9-7-14)24-11-16(20)18-17-10-12-2-4-13(5-3-12)19(21)22/h2-10H,11H2,1H3,(H,18,20)/b17-10-. The van der Waals surface area contributed by atoms with Crippen molar-refractivity contribution < 1.29 is 19.2 Å². The predicted molar refractivity (Wildman–Crippen MR) is 87.3 cm³/mol. The highest BCUT2D eigenvalue weighted by Crippen LogP contribution is 2.16. The maximum Gasteiger partial charge on any atom is 0.277 e. The number of non-ortho nitro benzene ring substituents is 1. The van der Waals surface area contributed by atoms with Gasteiger partial charge < -0.3 is 9.47 Å². The molecule has 0 radical (unpaired) electrons. The van der Waals surface area contributed by atoms with Crippen LogP contribution in [0.4, 0.5) is 5.69 Å². The third-order valence-corrected chi connectivity index (χ3v) is 2.94. The summed E-state index contributed by atoms with van der Waals surface area (Å²) in [6, 6.07) is 12.6. The van der Waals surface area contributed by atoms with E-state index in [9.17, 15) is 14.9 Å². The third kappa shape index (κ3) is 5.09. The van der Waals surface area contributed by atoms with Gasteiger partial charge in [-0.25, -0.2) is 5.43 Å². The van der Waals surface area contributed by atoms with Crippen molar-refractivity contribution in [1.29, 1.82) is 0 Å². The van der Waals surface area contributed by atoms with E-state index in [0.29, 0.717) is 17.1 Å². The molecule has 0 aliphatic rings. The Morgan fingerprint density at radius 3 is 2.38 bits per heavy atom. The Balaban J connectivity index is 1.78. The van der Waals surface area contributed by atoms with Gasteiger partial charge in [-0.2, -0.15) is 5.10 Å². The molecule has 0 spiro atoms. The van der Waals surface area contributed by atoms with Gasteiger partial charge in [0, 0.05) is 12.1 Å². The number of nitrogens with zero attached hydrogens (tertiary/aromatic N) is 2. The number of hydrogen-bond donors (Lipinski definition) is 1. The molecule has 2 aromatic rings. The molecule has 0 aliphatic heterocycles. The largest absolute Gasteiger partial charge is 0.497 e. The summed E-state index contributed by atoms with van der Waals surface area (Å²) in [5.41, 5.74) is 2.92. The number of amides is 1. The zero-order valence-electron chi connectivity index (χ0n) is 12.8. The summed E-state index contributed by atoms with van der Waals surface area (Å²) in [5.74, 6) is 0.800. The van der Waals surface area contributed by atoms with Gasteiger partial charge >= 0.3 is 0 Å². The van der Waals surface area contributed by atoms with Crippen LogP contribution in [0.3, 0.4) is 0 Å². The quantitative estimate of drug-likeness (QED) is 0.476. The van der Waals surface area contributed by atoms with E-state index in [2.05, 4.69) is 10.5 Å². The third-order valence-electron chi connectivity index (χ3n) is 2.94. The van der Waals surface area contributed by atoms with Gasteiger partial charge in [0.15, 0.2) is 6.61 Å². The molecule has 0 bridgehead atoms. The maximum atomic E-state index is 11.6. The second-order valence-electron chi connectivity index (χ2n) is 4.61. The number of nitrogens with one attached hydrogen (secondary N) is 1. The molecular formula is C16H15N3O5. The minimum Gasteiger partial charge on any atom is -0.497 e.